The Morgan fingerprint density at radius 1 is 1.12 bits per heavy atom. The molecule has 0 unspecified atom stereocenters. The average Bonchev–Trinajstić information content (AvgIpc) is 3.05. The zero-order valence-corrected chi connectivity index (χ0v) is 14.9. The van der Waals surface area contributed by atoms with E-state index in [1.807, 2.05) is 11.0 Å². The number of nitrogens with one attached hydrogen (secondary N) is 1. The third-order valence-corrected chi connectivity index (χ3v) is 4.90. The van der Waals surface area contributed by atoms with Gasteiger partial charge in [-0.05, 0) is 33.3 Å². The molecule has 2 aromatic rings. The number of aromatic amines is 1. The first-order valence-electron chi connectivity index (χ1n) is 8.39. The molecule has 1 aliphatic rings. The number of piperazine rings is 1. The van der Waals surface area contributed by atoms with Crippen LogP contribution in [0.1, 0.15) is 43.7 Å². The number of benzene rings is 1. The SMILES string of the molecule is CC1(C)CN(C(=O)c2cnc[nH]2)C(C)(C)CN1Cc1ccccc1. The predicted molar refractivity (Wildman–Crippen MR) is 94.6 cm³/mol. The smallest absolute Gasteiger partial charge is 0.272 e. The fraction of sp³-hybridized carbons (Fsp3) is 0.474. The van der Waals surface area contributed by atoms with Crippen molar-refractivity contribution in [1.82, 2.24) is 19.8 Å². The third kappa shape index (κ3) is 3.22. The molecule has 128 valence electrons. The molecule has 3 rings (SSSR count). The highest BCUT2D eigenvalue weighted by Gasteiger charge is 2.45. The largest absolute Gasteiger partial charge is 0.341 e. The second-order valence-corrected chi connectivity index (χ2v) is 7.82. The van der Waals surface area contributed by atoms with Crippen LogP contribution in [-0.4, -0.2) is 49.8 Å². The number of rotatable bonds is 3. The highest BCUT2D eigenvalue weighted by Crippen LogP contribution is 2.32. The summed E-state index contributed by atoms with van der Waals surface area (Å²) in [5.74, 6) is 0.0185. The molecular weight excluding hydrogens is 300 g/mol. The summed E-state index contributed by atoms with van der Waals surface area (Å²) in [4.78, 5) is 24.2. The maximum atomic E-state index is 12.9. The summed E-state index contributed by atoms with van der Waals surface area (Å²) in [6.07, 6.45) is 3.15. The van der Waals surface area contributed by atoms with Gasteiger partial charge >= 0.3 is 0 Å². The lowest BCUT2D eigenvalue weighted by Gasteiger charge is -2.55. The van der Waals surface area contributed by atoms with Crippen molar-refractivity contribution < 1.29 is 4.79 Å². The highest BCUT2D eigenvalue weighted by molar-refractivity contribution is 5.92. The summed E-state index contributed by atoms with van der Waals surface area (Å²) in [6.45, 7) is 11.1. The van der Waals surface area contributed by atoms with E-state index < -0.39 is 0 Å². The van der Waals surface area contributed by atoms with Gasteiger partial charge in [-0.1, -0.05) is 30.3 Å². The molecule has 24 heavy (non-hydrogen) atoms. The molecular formula is C19H26N4O. The standard InChI is InChI=1S/C19H26N4O/c1-18(2)13-23(17(24)16-10-20-14-21-16)19(3,4)12-22(18)11-15-8-6-5-7-9-15/h5-10,14H,11-13H2,1-4H3,(H,20,21). The normalized spacial score (nSPS) is 20.1. The summed E-state index contributed by atoms with van der Waals surface area (Å²) >= 11 is 0. The van der Waals surface area contributed by atoms with Gasteiger partial charge in [0.25, 0.3) is 5.91 Å². The van der Waals surface area contributed by atoms with Crippen LogP contribution in [0, 0.1) is 0 Å². The Labute approximate surface area is 143 Å². The molecule has 1 aromatic heterocycles. The lowest BCUT2D eigenvalue weighted by atomic mass is 9.88. The van der Waals surface area contributed by atoms with Gasteiger partial charge in [-0.3, -0.25) is 9.69 Å². The van der Waals surface area contributed by atoms with E-state index in [4.69, 9.17) is 0 Å². The highest BCUT2D eigenvalue weighted by atomic mass is 16.2. The zero-order valence-electron chi connectivity index (χ0n) is 14.9. The van der Waals surface area contributed by atoms with Crippen molar-refractivity contribution in [2.45, 2.75) is 45.3 Å². The summed E-state index contributed by atoms with van der Waals surface area (Å²) in [5, 5.41) is 0. The minimum atomic E-state index is -0.244. The molecule has 5 heteroatoms. The van der Waals surface area contributed by atoms with Gasteiger partial charge in [0.05, 0.1) is 18.1 Å². The number of carbonyl (C=O) groups excluding carboxylic acids is 1. The second kappa shape index (κ2) is 6.06. The van der Waals surface area contributed by atoms with E-state index >= 15 is 0 Å². The molecule has 1 aliphatic heterocycles. The molecule has 1 fully saturated rings. The monoisotopic (exact) mass is 326 g/mol. The maximum absolute atomic E-state index is 12.9. The van der Waals surface area contributed by atoms with Gasteiger partial charge in [-0.25, -0.2) is 4.98 Å². The Bertz CT molecular complexity index is 691. The molecule has 0 radical (unpaired) electrons. The van der Waals surface area contributed by atoms with Crippen LogP contribution in [0.2, 0.25) is 0 Å². The summed E-state index contributed by atoms with van der Waals surface area (Å²) in [5.41, 5.74) is 1.51. The third-order valence-electron chi connectivity index (χ3n) is 4.90. The van der Waals surface area contributed by atoms with Gasteiger partial charge in [-0.2, -0.15) is 0 Å². The molecule has 0 saturated carbocycles. The lowest BCUT2D eigenvalue weighted by Crippen LogP contribution is -2.68. The van der Waals surface area contributed by atoms with Crippen molar-refractivity contribution in [2.24, 2.45) is 0 Å². The van der Waals surface area contributed by atoms with Crippen molar-refractivity contribution in [2.75, 3.05) is 13.1 Å². The van der Waals surface area contributed by atoms with Crippen LogP contribution < -0.4 is 0 Å². The Kier molecular flexibility index (Phi) is 4.22. The number of imidazole rings is 1. The fourth-order valence-corrected chi connectivity index (χ4v) is 3.41. The predicted octanol–water partition coefficient (Wildman–Crippen LogP) is 2.92. The maximum Gasteiger partial charge on any atom is 0.272 e. The van der Waals surface area contributed by atoms with E-state index in [-0.39, 0.29) is 17.0 Å². The van der Waals surface area contributed by atoms with Gasteiger partial charge in [0, 0.05) is 25.2 Å². The van der Waals surface area contributed by atoms with Crippen LogP contribution in [0.3, 0.4) is 0 Å². The Morgan fingerprint density at radius 2 is 1.83 bits per heavy atom. The van der Waals surface area contributed by atoms with Crippen LogP contribution in [0.4, 0.5) is 0 Å². The van der Waals surface area contributed by atoms with Gasteiger partial charge in [0.15, 0.2) is 0 Å². The molecule has 2 heterocycles. The van der Waals surface area contributed by atoms with E-state index in [9.17, 15) is 4.79 Å². The van der Waals surface area contributed by atoms with Gasteiger partial charge in [0.2, 0.25) is 0 Å². The number of hydrogen-bond acceptors (Lipinski definition) is 3. The molecule has 1 amide bonds. The van der Waals surface area contributed by atoms with Crippen LogP contribution in [0.25, 0.3) is 0 Å². The first-order chi connectivity index (χ1) is 11.3. The van der Waals surface area contributed by atoms with Crippen molar-refractivity contribution in [3.63, 3.8) is 0 Å². The van der Waals surface area contributed by atoms with E-state index in [1.54, 1.807) is 12.5 Å². The fourth-order valence-electron chi connectivity index (χ4n) is 3.41. The number of aromatic nitrogens is 2. The first-order valence-corrected chi connectivity index (χ1v) is 8.39. The van der Waals surface area contributed by atoms with Crippen LogP contribution >= 0.6 is 0 Å². The van der Waals surface area contributed by atoms with Gasteiger partial charge in [0.1, 0.15) is 5.69 Å². The van der Waals surface area contributed by atoms with Crippen LogP contribution in [0.5, 0.6) is 0 Å². The molecule has 1 saturated heterocycles. The number of hydrogen-bond donors (Lipinski definition) is 1. The van der Waals surface area contributed by atoms with E-state index in [1.165, 1.54) is 5.56 Å². The van der Waals surface area contributed by atoms with Crippen LogP contribution in [-0.2, 0) is 6.54 Å². The lowest BCUT2D eigenvalue weighted by molar-refractivity contribution is -0.0456. The number of amides is 1. The molecule has 5 nitrogen and oxygen atoms in total. The van der Waals surface area contributed by atoms with E-state index in [2.05, 4.69) is 66.8 Å². The minimum absolute atomic E-state index is 0.0185. The number of nitrogens with zero attached hydrogens (tertiary/aromatic N) is 3. The van der Waals surface area contributed by atoms with Crippen molar-refractivity contribution in [3.8, 4) is 0 Å². The van der Waals surface area contributed by atoms with E-state index in [0.29, 0.717) is 12.2 Å². The molecule has 0 atom stereocenters. The molecule has 0 spiro atoms. The first kappa shape index (κ1) is 16.7. The average molecular weight is 326 g/mol. The summed E-state index contributed by atoms with van der Waals surface area (Å²) in [6, 6.07) is 10.5. The molecule has 1 aromatic carbocycles. The van der Waals surface area contributed by atoms with Crippen LogP contribution in [0.15, 0.2) is 42.9 Å². The van der Waals surface area contributed by atoms with Crippen molar-refractivity contribution in [1.29, 1.82) is 0 Å². The van der Waals surface area contributed by atoms with Crippen molar-refractivity contribution in [3.05, 3.63) is 54.1 Å². The molecule has 0 bridgehead atoms. The second-order valence-electron chi connectivity index (χ2n) is 7.82. The molecule has 1 N–H and O–H groups in total. The van der Waals surface area contributed by atoms with Crippen molar-refractivity contribution >= 4 is 5.91 Å². The van der Waals surface area contributed by atoms with Gasteiger partial charge < -0.3 is 9.88 Å². The number of carbonyl (C=O) groups is 1. The quantitative estimate of drug-likeness (QED) is 0.943. The summed E-state index contributed by atoms with van der Waals surface area (Å²) in [7, 11) is 0. The number of H-pyrrole nitrogens is 1. The molecule has 0 aliphatic carbocycles. The topological polar surface area (TPSA) is 52.2 Å². The minimum Gasteiger partial charge on any atom is -0.341 e. The Hall–Kier alpha value is -2.14. The zero-order chi connectivity index (χ0) is 17.4. The summed E-state index contributed by atoms with van der Waals surface area (Å²) < 4.78 is 0. The Balaban J connectivity index is 1.82. The Morgan fingerprint density at radius 3 is 2.46 bits per heavy atom. The van der Waals surface area contributed by atoms with Gasteiger partial charge in [-0.15, -0.1) is 0 Å². The van der Waals surface area contributed by atoms with E-state index in [0.717, 1.165) is 13.1 Å².